The second-order valence-corrected chi connectivity index (χ2v) is 8.59. The van der Waals surface area contributed by atoms with Gasteiger partial charge in [0.15, 0.2) is 11.0 Å². The average Bonchev–Trinajstić information content (AvgIpc) is 3.06. The van der Waals surface area contributed by atoms with Gasteiger partial charge in [0.2, 0.25) is 5.91 Å². The lowest BCUT2D eigenvalue weighted by Gasteiger charge is -2.07. The van der Waals surface area contributed by atoms with E-state index in [1.807, 2.05) is 29.8 Å². The standard InChI is InChI=1S/C21H24N4OS2/c1-15-8-10-17(11-9-15)27-13-12-22-19(26)14-28-21-24-23-20(25(21)3)18-7-5-4-6-16(18)2/h4-11H,12-14H2,1-3H3,(H,22,26). The lowest BCUT2D eigenvalue weighted by molar-refractivity contribution is -0.118. The highest BCUT2D eigenvalue weighted by Crippen LogP contribution is 2.24. The van der Waals surface area contributed by atoms with E-state index in [0.717, 1.165) is 27.9 Å². The molecule has 0 atom stereocenters. The van der Waals surface area contributed by atoms with Crippen LogP contribution in [0.5, 0.6) is 0 Å². The molecule has 0 aliphatic heterocycles. The van der Waals surface area contributed by atoms with Crippen LogP contribution in [-0.4, -0.2) is 38.7 Å². The number of carbonyl (C=O) groups is 1. The molecule has 3 rings (SSSR count). The topological polar surface area (TPSA) is 59.8 Å². The molecule has 3 aromatic rings. The number of benzene rings is 2. The Labute approximate surface area is 174 Å². The van der Waals surface area contributed by atoms with Crippen molar-refractivity contribution >= 4 is 29.4 Å². The number of nitrogens with one attached hydrogen (secondary N) is 1. The van der Waals surface area contributed by atoms with Crippen LogP contribution in [0.4, 0.5) is 0 Å². The van der Waals surface area contributed by atoms with Gasteiger partial charge in [-0.1, -0.05) is 53.7 Å². The Morgan fingerprint density at radius 2 is 1.79 bits per heavy atom. The van der Waals surface area contributed by atoms with Gasteiger partial charge in [0.25, 0.3) is 0 Å². The molecule has 1 N–H and O–H groups in total. The van der Waals surface area contributed by atoms with Crippen LogP contribution in [0.3, 0.4) is 0 Å². The van der Waals surface area contributed by atoms with Crippen molar-refractivity contribution in [2.45, 2.75) is 23.9 Å². The van der Waals surface area contributed by atoms with Crippen LogP contribution < -0.4 is 5.32 Å². The lowest BCUT2D eigenvalue weighted by Crippen LogP contribution is -2.27. The first-order valence-electron chi connectivity index (χ1n) is 9.09. The SMILES string of the molecule is Cc1ccc(SCCNC(=O)CSc2nnc(-c3ccccc3C)n2C)cc1. The number of hydrogen-bond acceptors (Lipinski definition) is 5. The number of carbonyl (C=O) groups excluding carboxylic acids is 1. The van der Waals surface area contributed by atoms with E-state index in [1.54, 1.807) is 11.8 Å². The Balaban J connectivity index is 1.45. The highest BCUT2D eigenvalue weighted by molar-refractivity contribution is 7.99. The summed E-state index contributed by atoms with van der Waals surface area (Å²) in [6.45, 7) is 4.78. The molecule has 146 valence electrons. The molecule has 0 spiro atoms. The van der Waals surface area contributed by atoms with Crippen LogP contribution in [0.25, 0.3) is 11.4 Å². The van der Waals surface area contributed by atoms with Crippen molar-refractivity contribution < 1.29 is 4.79 Å². The fourth-order valence-electron chi connectivity index (χ4n) is 2.67. The van der Waals surface area contributed by atoms with Crippen molar-refractivity contribution in [3.05, 3.63) is 59.7 Å². The molecule has 2 aromatic carbocycles. The first kappa shape index (κ1) is 20.5. The fraction of sp³-hybridized carbons (Fsp3) is 0.286. The Bertz CT molecular complexity index is 938. The summed E-state index contributed by atoms with van der Waals surface area (Å²) >= 11 is 3.15. The molecule has 1 aromatic heterocycles. The second-order valence-electron chi connectivity index (χ2n) is 6.48. The molecule has 0 saturated heterocycles. The van der Waals surface area contributed by atoms with Crippen LogP contribution in [0.2, 0.25) is 0 Å². The molecule has 7 heteroatoms. The average molecular weight is 413 g/mol. The summed E-state index contributed by atoms with van der Waals surface area (Å²) in [4.78, 5) is 13.3. The van der Waals surface area contributed by atoms with E-state index in [-0.39, 0.29) is 5.91 Å². The van der Waals surface area contributed by atoms with Gasteiger partial charge in [-0.15, -0.1) is 22.0 Å². The number of amides is 1. The summed E-state index contributed by atoms with van der Waals surface area (Å²) in [6, 6.07) is 16.5. The van der Waals surface area contributed by atoms with Crippen LogP contribution in [0.15, 0.2) is 58.6 Å². The number of thioether (sulfide) groups is 2. The fourth-order valence-corrected chi connectivity index (χ4v) is 4.18. The van der Waals surface area contributed by atoms with Gasteiger partial charge in [-0.05, 0) is 31.5 Å². The van der Waals surface area contributed by atoms with E-state index in [1.165, 1.54) is 22.2 Å². The molecule has 5 nitrogen and oxygen atoms in total. The van der Waals surface area contributed by atoms with E-state index in [0.29, 0.717) is 12.3 Å². The van der Waals surface area contributed by atoms with Gasteiger partial charge in [0, 0.05) is 29.8 Å². The molecule has 1 heterocycles. The van der Waals surface area contributed by atoms with E-state index in [9.17, 15) is 4.79 Å². The number of nitrogens with zero attached hydrogens (tertiary/aromatic N) is 3. The molecular formula is C21H24N4OS2. The van der Waals surface area contributed by atoms with E-state index in [4.69, 9.17) is 0 Å². The van der Waals surface area contributed by atoms with Gasteiger partial charge in [-0.2, -0.15) is 0 Å². The Hall–Kier alpha value is -2.25. The Morgan fingerprint density at radius 3 is 2.54 bits per heavy atom. The van der Waals surface area contributed by atoms with Crippen molar-refractivity contribution in [3.8, 4) is 11.4 Å². The maximum atomic E-state index is 12.1. The summed E-state index contributed by atoms with van der Waals surface area (Å²) in [5.74, 6) is 2.00. The smallest absolute Gasteiger partial charge is 0.230 e. The normalized spacial score (nSPS) is 10.8. The maximum absolute atomic E-state index is 12.1. The van der Waals surface area contributed by atoms with Crippen LogP contribution in [0.1, 0.15) is 11.1 Å². The summed E-state index contributed by atoms with van der Waals surface area (Å²) in [5, 5.41) is 12.2. The summed E-state index contributed by atoms with van der Waals surface area (Å²) in [6.07, 6.45) is 0. The van der Waals surface area contributed by atoms with Gasteiger partial charge in [-0.25, -0.2) is 0 Å². The van der Waals surface area contributed by atoms with Crippen molar-refractivity contribution in [1.29, 1.82) is 0 Å². The van der Waals surface area contributed by atoms with Crippen molar-refractivity contribution in [2.24, 2.45) is 7.05 Å². The molecule has 0 fully saturated rings. The van der Waals surface area contributed by atoms with Crippen molar-refractivity contribution in [1.82, 2.24) is 20.1 Å². The van der Waals surface area contributed by atoms with Gasteiger partial charge in [0.1, 0.15) is 0 Å². The number of hydrogen-bond donors (Lipinski definition) is 1. The zero-order valence-electron chi connectivity index (χ0n) is 16.3. The van der Waals surface area contributed by atoms with Crippen molar-refractivity contribution in [3.63, 3.8) is 0 Å². The largest absolute Gasteiger partial charge is 0.355 e. The zero-order valence-corrected chi connectivity index (χ0v) is 17.9. The quantitative estimate of drug-likeness (QED) is 0.446. The van der Waals surface area contributed by atoms with Gasteiger partial charge >= 0.3 is 0 Å². The third-order valence-electron chi connectivity index (χ3n) is 4.27. The third kappa shape index (κ3) is 5.39. The number of aromatic nitrogens is 3. The minimum absolute atomic E-state index is 0.00921. The summed E-state index contributed by atoms with van der Waals surface area (Å²) < 4.78 is 1.94. The molecule has 0 aliphatic carbocycles. The van der Waals surface area contributed by atoms with Gasteiger partial charge in [0.05, 0.1) is 5.75 Å². The van der Waals surface area contributed by atoms with Gasteiger partial charge < -0.3 is 9.88 Å². The van der Waals surface area contributed by atoms with Crippen LogP contribution >= 0.6 is 23.5 Å². The maximum Gasteiger partial charge on any atom is 0.230 e. The first-order valence-corrected chi connectivity index (χ1v) is 11.1. The van der Waals surface area contributed by atoms with Crippen LogP contribution in [0, 0.1) is 13.8 Å². The highest BCUT2D eigenvalue weighted by Gasteiger charge is 2.14. The molecule has 0 aliphatic rings. The number of aryl methyl sites for hydroxylation is 2. The van der Waals surface area contributed by atoms with E-state index >= 15 is 0 Å². The molecule has 28 heavy (non-hydrogen) atoms. The van der Waals surface area contributed by atoms with E-state index < -0.39 is 0 Å². The summed E-state index contributed by atoms with van der Waals surface area (Å²) in [7, 11) is 1.93. The zero-order chi connectivity index (χ0) is 19.9. The highest BCUT2D eigenvalue weighted by atomic mass is 32.2. The Morgan fingerprint density at radius 1 is 1.04 bits per heavy atom. The molecule has 0 bridgehead atoms. The molecule has 1 amide bonds. The second kappa shape index (κ2) is 9.80. The monoisotopic (exact) mass is 412 g/mol. The van der Waals surface area contributed by atoms with Crippen LogP contribution in [-0.2, 0) is 11.8 Å². The first-order chi connectivity index (χ1) is 13.5. The molecule has 0 radical (unpaired) electrons. The van der Waals surface area contributed by atoms with E-state index in [2.05, 4.69) is 59.7 Å². The molecule has 0 unspecified atom stereocenters. The van der Waals surface area contributed by atoms with Crippen molar-refractivity contribution in [2.75, 3.05) is 18.1 Å². The minimum Gasteiger partial charge on any atom is -0.355 e. The Kier molecular flexibility index (Phi) is 7.17. The predicted octanol–water partition coefficient (Wildman–Crippen LogP) is 4.10. The number of rotatable bonds is 8. The molecular weight excluding hydrogens is 388 g/mol. The molecule has 0 saturated carbocycles. The third-order valence-corrected chi connectivity index (χ3v) is 6.30. The van der Waals surface area contributed by atoms with Gasteiger partial charge in [-0.3, -0.25) is 4.79 Å². The summed E-state index contributed by atoms with van der Waals surface area (Å²) in [5.41, 5.74) is 3.46. The minimum atomic E-state index is 0.00921. The lowest BCUT2D eigenvalue weighted by atomic mass is 10.1. The predicted molar refractivity (Wildman–Crippen MR) is 117 cm³/mol.